The molecule has 1 saturated heterocycles. The number of piperidine rings is 1. The first kappa shape index (κ1) is 23.3. The third-order valence-electron chi connectivity index (χ3n) is 7.49. The molecule has 0 radical (unpaired) electrons. The van der Waals surface area contributed by atoms with Gasteiger partial charge < -0.3 is 14.7 Å². The topological polar surface area (TPSA) is 49.8 Å². The van der Waals surface area contributed by atoms with Gasteiger partial charge in [0.1, 0.15) is 6.61 Å². The first-order valence-electron chi connectivity index (χ1n) is 12.6. The van der Waals surface area contributed by atoms with E-state index in [2.05, 4.69) is 49.4 Å². The minimum Gasteiger partial charge on any atom is -0.392 e. The molecular weight excluding hydrogens is 398 g/mol. The number of carbonyl (C=O) groups is 1. The zero-order chi connectivity index (χ0) is 22.3. The number of benzene rings is 1. The molecule has 0 bridgehead atoms. The molecule has 1 saturated carbocycles. The van der Waals surface area contributed by atoms with Gasteiger partial charge in [0.25, 0.3) is 0 Å². The zero-order valence-electron chi connectivity index (χ0n) is 19.5. The lowest BCUT2D eigenvalue weighted by molar-refractivity contribution is -0.137. The van der Waals surface area contributed by atoms with Crippen molar-refractivity contribution in [3.63, 3.8) is 0 Å². The maximum Gasteiger partial charge on any atom is 0.248 e. The van der Waals surface area contributed by atoms with E-state index in [0.29, 0.717) is 18.4 Å². The number of hydrogen-bond donors (Lipinski definition) is 1. The molecule has 1 heterocycles. The predicted molar refractivity (Wildman–Crippen MR) is 128 cm³/mol. The summed E-state index contributed by atoms with van der Waals surface area (Å²) in [7, 11) is 0. The van der Waals surface area contributed by atoms with E-state index in [0.717, 1.165) is 58.0 Å². The summed E-state index contributed by atoms with van der Waals surface area (Å²) in [5.74, 6) is 1.40. The number of likely N-dealkylation sites (tertiary alicyclic amines) is 1. The number of aliphatic hydroxyl groups excluding tert-OH is 1. The first-order valence-corrected chi connectivity index (χ1v) is 12.6. The number of allylic oxidation sites excluding steroid dienone is 2. The molecule has 1 aromatic carbocycles. The highest BCUT2D eigenvalue weighted by Gasteiger charge is 2.43. The van der Waals surface area contributed by atoms with Crippen molar-refractivity contribution >= 4 is 5.91 Å². The van der Waals surface area contributed by atoms with Crippen LogP contribution in [0.4, 0.5) is 0 Å². The summed E-state index contributed by atoms with van der Waals surface area (Å²) in [5, 5.41) is 10.6. The van der Waals surface area contributed by atoms with Gasteiger partial charge in [-0.05, 0) is 75.7 Å². The second-order valence-electron chi connectivity index (χ2n) is 9.94. The van der Waals surface area contributed by atoms with Crippen molar-refractivity contribution in [1.29, 1.82) is 0 Å². The van der Waals surface area contributed by atoms with Crippen LogP contribution < -0.4 is 0 Å². The van der Waals surface area contributed by atoms with Crippen LogP contribution >= 0.6 is 0 Å². The van der Waals surface area contributed by atoms with Gasteiger partial charge in [0.05, 0.1) is 12.7 Å². The summed E-state index contributed by atoms with van der Waals surface area (Å²) in [6.07, 6.45) is 15.1. The van der Waals surface area contributed by atoms with Crippen molar-refractivity contribution < 1.29 is 14.6 Å². The maximum absolute atomic E-state index is 12.2. The third kappa shape index (κ3) is 6.11. The monoisotopic (exact) mass is 437 g/mol. The Morgan fingerprint density at radius 2 is 2.06 bits per heavy atom. The number of amides is 1. The summed E-state index contributed by atoms with van der Waals surface area (Å²) in [6, 6.07) is 8.70. The van der Waals surface area contributed by atoms with E-state index < -0.39 is 0 Å². The Balaban J connectivity index is 1.17. The summed E-state index contributed by atoms with van der Waals surface area (Å²) in [6.45, 7) is 4.74. The van der Waals surface area contributed by atoms with Gasteiger partial charge in [0.2, 0.25) is 5.91 Å². The van der Waals surface area contributed by atoms with E-state index in [1.54, 1.807) is 0 Å². The van der Waals surface area contributed by atoms with Crippen LogP contribution in [0.1, 0.15) is 56.1 Å². The first-order chi connectivity index (χ1) is 15.6. The number of hydrogen-bond acceptors (Lipinski definition) is 3. The van der Waals surface area contributed by atoms with Crippen molar-refractivity contribution in [1.82, 2.24) is 4.90 Å². The molecule has 174 valence electrons. The van der Waals surface area contributed by atoms with Gasteiger partial charge in [-0.1, -0.05) is 53.6 Å². The number of carbonyl (C=O) groups excluding carboxylic acids is 1. The highest BCUT2D eigenvalue weighted by atomic mass is 16.5. The van der Waals surface area contributed by atoms with Crippen LogP contribution in [0.25, 0.3) is 0 Å². The van der Waals surface area contributed by atoms with Gasteiger partial charge in [-0.15, -0.1) is 0 Å². The number of fused-ring (bicyclic) bond motifs is 1. The minimum atomic E-state index is -0.226. The Morgan fingerprint density at radius 3 is 2.88 bits per heavy atom. The highest BCUT2D eigenvalue weighted by Crippen LogP contribution is 2.47. The summed E-state index contributed by atoms with van der Waals surface area (Å²) in [4.78, 5) is 14.2. The van der Waals surface area contributed by atoms with Crippen molar-refractivity contribution in [3.8, 4) is 0 Å². The standard InChI is InChI=1S/C28H39NO3/c1-21-8-7-10-22(16-21)9-3-4-11-25-26-18-23(17-24(26)19-27(25)30)12-15-32-20-28(31)29-13-5-2-6-14-29/h4,7-8,10-11,16-17,24-27,30H,2-3,5-6,9,12-15,18-20H2,1H3/b11-4+/t24-,25+,26-,27+/m0/s1. The highest BCUT2D eigenvalue weighted by molar-refractivity contribution is 5.77. The van der Waals surface area contributed by atoms with Crippen molar-refractivity contribution in [2.75, 3.05) is 26.3 Å². The molecule has 3 aliphatic rings. The van der Waals surface area contributed by atoms with Crippen molar-refractivity contribution in [2.24, 2.45) is 17.8 Å². The molecule has 4 nitrogen and oxygen atoms in total. The van der Waals surface area contributed by atoms with Gasteiger partial charge in [-0.2, -0.15) is 0 Å². The summed E-state index contributed by atoms with van der Waals surface area (Å²) < 4.78 is 5.72. The fourth-order valence-corrected chi connectivity index (χ4v) is 5.76. The van der Waals surface area contributed by atoms with E-state index in [1.165, 1.54) is 23.1 Å². The SMILES string of the molecule is Cc1cccc(CC/C=C/[C@@H]2[C@H]3CC(CCOCC(=O)N4CCCCC4)=C[C@H]3C[C@H]2O)c1. The van der Waals surface area contributed by atoms with Gasteiger partial charge in [-0.25, -0.2) is 0 Å². The predicted octanol–water partition coefficient (Wildman–Crippen LogP) is 4.85. The van der Waals surface area contributed by atoms with Crippen LogP contribution in [0.5, 0.6) is 0 Å². The molecule has 1 N–H and O–H groups in total. The smallest absolute Gasteiger partial charge is 0.248 e. The Hall–Kier alpha value is -1.91. The van der Waals surface area contributed by atoms with Crippen LogP contribution in [0.3, 0.4) is 0 Å². The number of nitrogens with zero attached hydrogens (tertiary/aromatic N) is 1. The molecular formula is C28H39NO3. The summed E-state index contributed by atoms with van der Waals surface area (Å²) >= 11 is 0. The number of ether oxygens (including phenoxy) is 1. The Morgan fingerprint density at radius 1 is 1.22 bits per heavy atom. The van der Waals surface area contributed by atoms with Gasteiger partial charge in [0.15, 0.2) is 0 Å². The van der Waals surface area contributed by atoms with Gasteiger partial charge >= 0.3 is 0 Å². The molecule has 1 amide bonds. The number of aryl methyl sites for hydroxylation is 2. The maximum atomic E-state index is 12.2. The van der Waals surface area contributed by atoms with Crippen LogP contribution in [-0.4, -0.2) is 48.3 Å². The van der Waals surface area contributed by atoms with E-state index in [9.17, 15) is 9.90 Å². The number of aliphatic hydroxyl groups is 1. The van der Waals surface area contributed by atoms with Gasteiger partial charge in [-0.3, -0.25) is 4.79 Å². The average molecular weight is 438 g/mol. The fraction of sp³-hybridized carbons (Fsp3) is 0.607. The molecule has 2 aliphatic carbocycles. The molecule has 0 aromatic heterocycles. The van der Waals surface area contributed by atoms with Gasteiger partial charge in [0, 0.05) is 19.0 Å². The Labute approximate surface area is 193 Å². The Kier molecular flexibility index (Phi) is 8.20. The minimum absolute atomic E-state index is 0.140. The van der Waals surface area contributed by atoms with Crippen molar-refractivity contribution in [2.45, 2.75) is 64.4 Å². The largest absolute Gasteiger partial charge is 0.392 e. The fourth-order valence-electron chi connectivity index (χ4n) is 5.76. The van der Waals surface area contributed by atoms with Crippen LogP contribution in [-0.2, 0) is 16.0 Å². The molecule has 4 atom stereocenters. The molecule has 0 unspecified atom stereocenters. The average Bonchev–Trinajstić information content (AvgIpc) is 3.31. The molecule has 1 aliphatic heterocycles. The molecule has 4 rings (SSSR count). The van der Waals surface area contributed by atoms with E-state index >= 15 is 0 Å². The van der Waals surface area contributed by atoms with Crippen LogP contribution in [0.15, 0.2) is 48.1 Å². The lowest BCUT2D eigenvalue weighted by Gasteiger charge is -2.26. The molecule has 1 aromatic rings. The molecule has 0 spiro atoms. The molecule has 2 fully saturated rings. The van der Waals surface area contributed by atoms with E-state index in [1.807, 2.05) is 4.90 Å². The third-order valence-corrected chi connectivity index (χ3v) is 7.49. The second-order valence-corrected chi connectivity index (χ2v) is 9.94. The van der Waals surface area contributed by atoms with E-state index in [-0.39, 0.29) is 24.5 Å². The normalized spacial score (nSPS) is 27.7. The van der Waals surface area contributed by atoms with E-state index in [4.69, 9.17) is 4.74 Å². The van der Waals surface area contributed by atoms with Crippen LogP contribution in [0, 0.1) is 24.7 Å². The second kappa shape index (κ2) is 11.3. The lowest BCUT2D eigenvalue weighted by atomic mass is 9.89. The van der Waals surface area contributed by atoms with Crippen molar-refractivity contribution in [3.05, 3.63) is 59.2 Å². The zero-order valence-corrected chi connectivity index (χ0v) is 19.5. The number of rotatable bonds is 9. The molecule has 32 heavy (non-hydrogen) atoms. The molecule has 4 heteroatoms. The lowest BCUT2D eigenvalue weighted by Crippen LogP contribution is -2.38. The summed E-state index contributed by atoms with van der Waals surface area (Å²) in [5.41, 5.74) is 4.13. The Bertz CT molecular complexity index is 824. The van der Waals surface area contributed by atoms with Crippen LogP contribution in [0.2, 0.25) is 0 Å². The quantitative estimate of drug-likeness (QED) is 0.444.